The molecule has 8 nitrogen and oxygen atoms in total. The van der Waals surface area contributed by atoms with Crippen molar-refractivity contribution in [3.63, 3.8) is 0 Å². The van der Waals surface area contributed by atoms with Crippen LogP contribution in [-0.4, -0.2) is 35.7 Å². The van der Waals surface area contributed by atoms with Crippen molar-refractivity contribution < 1.29 is 19.2 Å². The second-order valence-electron chi connectivity index (χ2n) is 2.69. The lowest BCUT2D eigenvalue weighted by molar-refractivity contribution is -0.144. The van der Waals surface area contributed by atoms with Gasteiger partial charge in [-0.05, 0) is 0 Å². The predicted octanol–water partition coefficient (Wildman–Crippen LogP) is -4.06. The lowest BCUT2D eigenvalue weighted by Gasteiger charge is -2.25. The molecule has 76 valence electrons. The van der Waals surface area contributed by atoms with E-state index in [0.29, 0.717) is 0 Å². The summed E-state index contributed by atoms with van der Waals surface area (Å²) in [6.07, 6.45) is 0. The maximum absolute atomic E-state index is 11.1. The Morgan fingerprint density at radius 2 is 1.21 bits per heavy atom. The smallest absolute Gasteiger partial charge is 0.253 e. The average molecular weight is 200 g/mol. The molecule has 0 aromatic rings. The fourth-order valence-corrected chi connectivity index (χ4v) is 0.983. The molecule has 1 rings (SSSR count). The molecule has 6 N–H and O–H groups in total. The third-order valence-corrected chi connectivity index (χ3v) is 1.67. The molecule has 0 radical (unpaired) electrons. The summed E-state index contributed by atoms with van der Waals surface area (Å²) in [6.45, 7) is 0. The van der Waals surface area contributed by atoms with Crippen LogP contribution in [0, 0.1) is 0 Å². The predicted molar refractivity (Wildman–Crippen MR) is 42.3 cm³/mol. The summed E-state index contributed by atoms with van der Waals surface area (Å²) in [6, 6.07) is -2.89. The first-order chi connectivity index (χ1) is 6.43. The van der Waals surface area contributed by atoms with Gasteiger partial charge in [-0.25, -0.2) is 0 Å². The van der Waals surface area contributed by atoms with Crippen LogP contribution in [-0.2, 0) is 19.2 Å². The van der Waals surface area contributed by atoms with Crippen molar-refractivity contribution in [2.45, 2.75) is 12.1 Å². The Bertz CT molecular complexity index is 294. The fraction of sp³-hybridized carbons (Fsp3) is 0.333. The molecular weight excluding hydrogens is 192 g/mol. The van der Waals surface area contributed by atoms with Crippen molar-refractivity contribution in [3.8, 4) is 0 Å². The highest BCUT2D eigenvalue weighted by atomic mass is 16.2. The number of amides is 4. The first-order valence-corrected chi connectivity index (χ1v) is 3.63. The summed E-state index contributed by atoms with van der Waals surface area (Å²) < 4.78 is 0. The number of piperazine rings is 1. The van der Waals surface area contributed by atoms with Crippen molar-refractivity contribution in [2.24, 2.45) is 11.5 Å². The van der Waals surface area contributed by atoms with Crippen LogP contribution in [0.2, 0.25) is 0 Å². The third-order valence-electron chi connectivity index (χ3n) is 1.67. The Labute approximate surface area is 78.0 Å². The van der Waals surface area contributed by atoms with Gasteiger partial charge in [-0.1, -0.05) is 0 Å². The van der Waals surface area contributed by atoms with Crippen molar-refractivity contribution in [2.75, 3.05) is 0 Å². The topological polar surface area (TPSA) is 144 Å². The zero-order chi connectivity index (χ0) is 10.9. The molecule has 2 atom stereocenters. The van der Waals surface area contributed by atoms with Crippen LogP contribution in [0.4, 0.5) is 0 Å². The summed E-state index contributed by atoms with van der Waals surface area (Å²) in [5, 5.41) is 3.94. The summed E-state index contributed by atoms with van der Waals surface area (Å²) >= 11 is 0. The molecule has 1 aliphatic heterocycles. The van der Waals surface area contributed by atoms with Gasteiger partial charge in [0, 0.05) is 0 Å². The Kier molecular flexibility index (Phi) is 2.36. The largest absolute Gasteiger partial charge is 0.367 e. The molecular formula is C6H8N4O4. The molecule has 2 unspecified atom stereocenters. The van der Waals surface area contributed by atoms with Gasteiger partial charge in [0.15, 0.2) is 12.1 Å². The van der Waals surface area contributed by atoms with Gasteiger partial charge < -0.3 is 22.1 Å². The number of carbonyl (C=O) groups is 4. The van der Waals surface area contributed by atoms with Crippen molar-refractivity contribution in [1.82, 2.24) is 10.6 Å². The molecule has 0 spiro atoms. The lowest BCUT2D eigenvalue weighted by atomic mass is 10.1. The summed E-state index contributed by atoms with van der Waals surface area (Å²) in [4.78, 5) is 43.4. The number of carbonyl (C=O) groups excluding carboxylic acids is 4. The van der Waals surface area contributed by atoms with Crippen LogP contribution in [0.25, 0.3) is 0 Å². The van der Waals surface area contributed by atoms with Gasteiger partial charge in [0.25, 0.3) is 11.8 Å². The second kappa shape index (κ2) is 3.32. The van der Waals surface area contributed by atoms with E-state index < -0.39 is 35.7 Å². The average Bonchev–Trinajstić information content (AvgIpc) is 2.07. The van der Waals surface area contributed by atoms with Gasteiger partial charge in [-0.2, -0.15) is 0 Å². The van der Waals surface area contributed by atoms with E-state index in [2.05, 4.69) is 0 Å². The molecule has 8 heteroatoms. The Morgan fingerprint density at radius 1 is 0.929 bits per heavy atom. The minimum absolute atomic E-state index is 0.846. The van der Waals surface area contributed by atoms with Gasteiger partial charge in [-0.15, -0.1) is 0 Å². The van der Waals surface area contributed by atoms with Crippen molar-refractivity contribution in [1.29, 1.82) is 0 Å². The zero-order valence-electron chi connectivity index (χ0n) is 6.94. The number of hydrogen-bond donors (Lipinski definition) is 4. The highest BCUT2D eigenvalue weighted by Crippen LogP contribution is 1.96. The molecule has 1 aliphatic rings. The maximum atomic E-state index is 11.1. The minimum atomic E-state index is -1.45. The third kappa shape index (κ3) is 1.63. The molecule has 4 amide bonds. The summed E-state index contributed by atoms with van der Waals surface area (Å²) in [5.74, 6) is -3.70. The van der Waals surface area contributed by atoms with Gasteiger partial charge in [0.1, 0.15) is 0 Å². The molecule has 1 fully saturated rings. The molecule has 1 saturated heterocycles. The van der Waals surface area contributed by atoms with E-state index in [-0.39, 0.29) is 0 Å². The van der Waals surface area contributed by atoms with Gasteiger partial charge in [0.05, 0.1) is 0 Å². The number of hydrogen-bond acceptors (Lipinski definition) is 4. The van der Waals surface area contributed by atoms with Crippen LogP contribution in [0.1, 0.15) is 0 Å². The van der Waals surface area contributed by atoms with Crippen LogP contribution in [0.3, 0.4) is 0 Å². The van der Waals surface area contributed by atoms with Gasteiger partial charge >= 0.3 is 0 Å². The normalized spacial score (nSPS) is 26.3. The van der Waals surface area contributed by atoms with Crippen molar-refractivity contribution in [3.05, 3.63) is 0 Å². The van der Waals surface area contributed by atoms with Gasteiger partial charge in [0.2, 0.25) is 11.8 Å². The SMILES string of the molecule is NC(=O)C1NC(=O)C(C(N)=O)NC1=O. The van der Waals surface area contributed by atoms with Crippen LogP contribution in [0.5, 0.6) is 0 Å². The van der Waals surface area contributed by atoms with Crippen LogP contribution < -0.4 is 22.1 Å². The molecule has 0 bridgehead atoms. The molecule has 0 aromatic carbocycles. The monoisotopic (exact) mass is 200 g/mol. The minimum Gasteiger partial charge on any atom is -0.367 e. The van der Waals surface area contributed by atoms with Crippen LogP contribution >= 0.6 is 0 Å². The summed E-state index contributed by atoms with van der Waals surface area (Å²) in [5.41, 5.74) is 9.62. The molecule has 0 saturated carbocycles. The highest BCUT2D eigenvalue weighted by Gasteiger charge is 2.39. The maximum Gasteiger partial charge on any atom is 0.253 e. The highest BCUT2D eigenvalue weighted by molar-refractivity contribution is 6.16. The number of nitrogens with one attached hydrogen (secondary N) is 2. The number of rotatable bonds is 2. The lowest BCUT2D eigenvalue weighted by Crippen LogP contribution is -2.68. The van der Waals surface area contributed by atoms with E-state index in [1.807, 2.05) is 10.6 Å². The Morgan fingerprint density at radius 3 is 1.43 bits per heavy atom. The first-order valence-electron chi connectivity index (χ1n) is 3.63. The van der Waals surface area contributed by atoms with E-state index in [9.17, 15) is 19.2 Å². The summed E-state index contributed by atoms with van der Waals surface area (Å²) in [7, 11) is 0. The first kappa shape index (κ1) is 9.96. The fourth-order valence-electron chi connectivity index (χ4n) is 0.983. The number of primary amides is 2. The van der Waals surface area contributed by atoms with E-state index >= 15 is 0 Å². The second-order valence-corrected chi connectivity index (χ2v) is 2.69. The Hall–Kier alpha value is -2.12. The quantitative estimate of drug-likeness (QED) is 0.336. The zero-order valence-corrected chi connectivity index (χ0v) is 6.94. The van der Waals surface area contributed by atoms with Gasteiger partial charge in [-0.3, -0.25) is 19.2 Å². The van der Waals surface area contributed by atoms with E-state index in [1.54, 1.807) is 0 Å². The Balaban J connectivity index is 2.82. The van der Waals surface area contributed by atoms with Crippen molar-refractivity contribution >= 4 is 23.6 Å². The standard InChI is InChI=1S/C6H8N4O4/c7-3(11)1-5(13)10-2(4(8)12)6(14)9-1/h1-2H,(H2,7,11)(H2,8,12)(H,9,14)(H,10,13). The molecule has 0 aliphatic carbocycles. The van der Waals surface area contributed by atoms with E-state index in [4.69, 9.17) is 11.5 Å². The van der Waals surface area contributed by atoms with E-state index in [1.165, 1.54) is 0 Å². The number of nitrogens with two attached hydrogens (primary N) is 2. The van der Waals surface area contributed by atoms with E-state index in [0.717, 1.165) is 0 Å². The molecule has 0 aromatic heterocycles. The van der Waals surface area contributed by atoms with Crippen LogP contribution in [0.15, 0.2) is 0 Å². The molecule has 1 heterocycles. The molecule has 14 heavy (non-hydrogen) atoms.